The molecular formula is C20H27NO2. The molecular weight excluding hydrogens is 286 g/mol. The Morgan fingerprint density at radius 3 is 2.17 bits per heavy atom. The number of benzene rings is 2. The van der Waals surface area contributed by atoms with E-state index in [1.165, 1.54) is 11.1 Å². The predicted octanol–water partition coefficient (Wildman–Crippen LogP) is 4.16. The molecule has 3 heteroatoms. The minimum atomic E-state index is 0.313. The van der Waals surface area contributed by atoms with Crippen molar-refractivity contribution >= 4 is 0 Å². The highest BCUT2D eigenvalue weighted by atomic mass is 16.5. The Hall–Kier alpha value is -2.00. The first kappa shape index (κ1) is 17.4. The molecule has 23 heavy (non-hydrogen) atoms. The monoisotopic (exact) mass is 313 g/mol. The number of hydrogen-bond donors (Lipinski definition) is 1. The Morgan fingerprint density at radius 2 is 1.61 bits per heavy atom. The second kappa shape index (κ2) is 9.21. The third kappa shape index (κ3) is 5.29. The standard InChI is InChI=1S/C20H27NO2/c1-3-4-13-23-20-9-5-16(6-10-20)14-18(15-21)17-7-11-19(22-2)12-8-17/h5-12,18H,3-4,13-15,21H2,1-2H3. The van der Waals surface area contributed by atoms with Crippen molar-refractivity contribution in [1.82, 2.24) is 0 Å². The van der Waals surface area contributed by atoms with Gasteiger partial charge >= 0.3 is 0 Å². The summed E-state index contributed by atoms with van der Waals surface area (Å²) < 4.78 is 10.9. The molecule has 2 aromatic carbocycles. The van der Waals surface area contributed by atoms with Crippen molar-refractivity contribution in [3.05, 3.63) is 59.7 Å². The molecule has 0 aliphatic rings. The van der Waals surface area contributed by atoms with Crippen molar-refractivity contribution in [1.29, 1.82) is 0 Å². The van der Waals surface area contributed by atoms with E-state index in [-0.39, 0.29) is 0 Å². The first-order valence-corrected chi connectivity index (χ1v) is 8.32. The van der Waals surface area contributed by atoms with Gasteiger partial charge in [-0.3, -0.25) is 0 Å². The summed E-state index contributed by atoms with van der Waals surface area (Å²) in [6.07, 6.45) is 3.17. The minimum absolute atomic E-state index is 0.313. The number of unbranched alkanes of at least 4 members (excludes halogenated alkanes) is 1. The van der Waals surface area contributed by atoms with Crippen LogP contribution in [0.3, 0.4) is 0 Å². The fraction of sp³-hybridized carbons (Fsp3) is 0.400. The Kier molecular flexibility index (Phi) is 6.95. The van der Waals surface area contributed by atoms with Crippen molar-refractivity contribution in [2.45, 2.75) is 32.1 Å². The summed E-state index contributed by atoms with van der Waals surface area (Å²) in [6.45, 7) is 3.58. The van der Waals surface area contributed by atoms with Crippen molar-refractivity contribution in [3.63, 3.8) is 0 Å². The molecule has 0 amide bonds. The van der Waals surface area contributed by atoms with E-state index in [4.69, 9.17) is 15.2 Å². The number of nitrogens with two attached hydrogens (primary N) is 1. The molecule has 2 N–H and O–H groups in total. The first-order valence-electron chi connectivity index (χ1n) is 8.32. The Balaban J connectivity index is 1.97. The van der Waals surface area contributed by atoms with Crippen LogP contribution in [0.5, 0.6) is 11.5 Å². The maximum Gasteiger partial charge on any atom is 0.119 e. The zero-order chi connectivity index (χ0) is 16.5. The highest BCUT2D eigenvalue weighted by molar-refractivity contribution is 5.32. The van der Waals surface area contributed by atoms with Gasteiger partial charge in [-0.05, 0) is 54.8 Å². The van der Waals surface area contributed by atoms with E-state index in [0.717, 1.165) is 37.4 Å². The third-order valence-electron chi connectivity index (χ3n) is 4.04. The summed E-state index contributed by atoms with van der Waals surface area (Å²) in [5.74, 6) is 2.13. The third-order valence-corrected chi connectivity index (χ3v) is 4.04. The van der Waals surface area contributed by atoms with Crippen LogP contribution in [0.15, 0.2) is 48.5 Å². The van der Waals surface area contributed by atoms with E-state index in [2.05, 4.69) is 31.2 Å². The van der Waals surface area contributed by atoms with Crippen LogP contribution in [-0.4, -0.2) is 20.3 Å². The lowest BCUT2D eigenvalue weighted by molar-refractivity contribution is 0.309. The number of ether oxygens (including phenoxy) is 2. The second-order valence-electron chi connectivity index (χ2n) is 5.76. The van der Waals surface area contributed by atoms with Crippen LogP contribution in [0, 0.1) is 0 Å². The first-order chi connectivity index (χ1) is 11.3. The van der Waals surface area contributed by atoms with Crippen molar-refractivity contribution in [2.75, 3.05) is 20.3 Å². The van der Waals surface area contributed by atoms with Gasteiger partial charge in [0, 0.05) is 5.92 Å². The van der Waals surface area contributed by atoms with E-state index in [9.17, 15) is 0 Å². The van der Waals surface area contributed by atoms with Gasteiger partial charge in [-0.25, -0.2) is 0 Å². The summed E-state index contributed by atoms with van der Waals surface area (Å²) in [6, 6.07) is 16.5. The minimum Gasteiger partial charge on any atom is -0.497 e. The maximum absolute atomic E-state index is 5.98. The molecule has 3 nitrogen and oxygen atoms in total. The largest absolute Gasteiger partial charge is 0.497 e. The molecule has 0 radical (unpaired) electrons. The summed E-state index contributed by atoms with van der Waals surface area (Å²) in [5, 5.41) is 0. The van der Waals surface area contributed by atoms with Crippen molar-refractivity contribution < 1.29 is 9.47 Å². The molecule has 124 valence electrons. The normalized spacial score (nSPS) is 12.0. The highest BCUT2D eigenvalue weighted by Crippen LogP contribution is 2.23. The lowest BCUT2D eigenvalue weighted by atomic mass is 9.92. The lowest BCUT2D eigenvalue weighted by Crippen LogP contribution is -2.15. The molecule has 0 bridgehead atoms. The molecule has 1 atom stereocenters. The van der Waals surface area contributed by atoms with Crippen LogP contribution >= 0.6 is 0 Å². The zero-order valence-corrected chi connectivity index (χ0v) is 14.1. The number of rotatable bonds is 9. The van der Waals surface area contributed by atoms with Gasteiger partial charge in [-0.15, -0.1) is 0 Å². The molecule has 1 unspecified atom stereocenters. The van der Waals surface area contributed by atoms with Crippen LogP contribution in [0.1, 0.15) is 36.8 Å². The van der Waals surface area contributed by atoms with Gasteiger partial charge < -0.3 is 15.2 Å². The lowest BCUT2D eigenvalue weighted by Gasteiger charge is -2.16. The van der Waals surface area contributed by atoms with Gasteiger partial charge in [0.1, 0.15) is 11.5 Å². The summed E-state index contributed by atoms with van der Waals surface area (Å²) >= 11 is 0. The smallest absolute Gasteiger partial charge is 0.119 e. The van der Waals surface area contributed by atoms with E-state index in [1.807, 2.05) is 24.3 Å². The summed E-state index contributed by atoms with van der Waals surface area (Å²) in [4.78, 5) is 0. The highest BCUT2D eigenvalue weighted by Gasteiger charge is 2.11. The summed E-state index contributed by atoms with van der Waals surface area (Å²) in [5.41, 5.74) is 8.50. The average Bonchev–Trinajstić information content (AvgIpc) is 2.61. The second-order valence-corrected chi connectivity index (χ2v) is 5.76. The van der Waals surface area contributed by atoms with E-state index < -0.39 is 0 Å². The molecule has 0 aliphatic carbocycles. The van der Waals surface area contributed by atoms with Crippen LogP contribution in [-0.2, 0) is 6.42 Å². The fourth-order valence-electron chi connectivity index (χ4n) is 2.55. The number of methoxy groups -OCH3 is 1. The van der Waals surface area contributed by atoms with Crippen LogP contribution in [0.4, 0.5) is 0 Å². The van der Waals surface area contributed by atoms with Crippen molar-refractivity contribution in [2.24, 2.45) is 5.73 Å². The molecule has 2 rings (SSSR count). The maximum atomic E-state index is 5.98. The molecule has 0 heterocycles. The molecule has 0 fully saturated rings. The van der Waals surface area contributed by atoms with Crippen molar-refractivity contribution in [3.8, 4) is 11.5 Å². The molecule has 0 saturated heterocycles. The van der Waals surface area contributed by atoms with E-state index in [0.29, 0.717) is 12.5 Å². The predicted molar refractivity (Wildman–Crippen MR) is 95.3 cm³/mol. The summed E-state index contributed by atoms with van der Waals surface area (Å²) in [7, 11) is 1.68. The van der Waals surface area contributed by atoms with Gasteiger partial charge in [0.05, 0.1) is 13.7 Å². The molecule has 2 aromatic rings. The van der Waals surface area contributed by atoms with Crippen LogP contribution < -0.4 is 15.2 Å². The fourth-order valence-corrected chi connectivity index (χ4v) is 2.55. The van der Waals surface area contributed by atoms with E-state index >= 15 is 0 Å². The average molecular weight is 313 g/mol. The van der Waals surface area contributed by atoms with Gasteiger partial charge in [-0.1, -0.05) is 37.6 Å². The molecule has 0 spiro atoms. The molecule has 0 aliphatic heterocycles. The molecule has 0 aromatic heterocycles. The SMILES string of the molecule is CCCCOc1ccc(CC(CN)c2ccc(OC)cc2)cc1. The van der Waals surface area contributed by atoms with Gasteiger partial charge in [0.2, 0.25) is 0 Å². The quantitative estimate of drug-likeness (QED) is 0.707. The van der Waals surface area contributed by atoms with Crippen LogP contribution in [0.2, 0.25) is 0 Å². The molecule has 0 saturated carbocycles. The Morgan fingerprint density at radius 1 is 0.957 bits per heavy atom. The van der Waals surface area contributed by atoms with Gasteiger partial charge in [-0.2, -0.15) is 0 Å². The Labute approximate surface area is 139 Å². The Bertz CT molecular complexity index is 563. The number of hydrogen-bond acceptors (Lipinski definition) is 3. The topological polar surface area (TPSA) is 44.5 Å². The zero-order valence-electron chi connectivity index (χ0n) is 14.1. The van der Waals surface area contributed by atoms with E-state index in [1.54, 1.807) is 7.11 Å². The van der Waals surface area contributed by atoms with Crippen LogP contribution in [0.25, 0.3) is 0 Å². The van der Waals surface area contributed by atoms with Gasteiger partial charge in [0.15, 0.2) is 0 Å². The van der Waals surface area contributed by atoms with Gasteiger partial charge in [0.25, 0.3) is 0 Å².